The number of primary amides is 1. The van der Waals surface area contributed by atoms with Crippen LogP contribution in [0.25, 0.3) is 22.2 Å². The number of amides is 1. The summed E-state index contributed by atoms with van der Waals surface area (Å²) in [5, 5.41) is 9.50. The Hall–Kier alpha value is -3.74. The van der Waals surface area contributed by atoms with Crippen LogP contribution >= 0.6 is 0 Å². The predicted molar refractivity (Wildman–Crippen MR) is 146 cm³/mol. The maximum atomic E-state index is 11.7. The first-order valence-corrected chi connectivity index (χ1v) is 12.4. The number of ether oxygens (including phenoxy) is 1. The number of nitrogens with two attached hydrogens (primary N) is 2. The molecule has 1 aliphatic rings. The van der Waals surface area contributed by atoms with Crippen LogP contribution in [0, 0.1) is 0 Å². The molecule has 6 heteroatoms. The third kappa shape index (κ3) is 7.90. The van der Waals surface area contributed by atoms with E-state index in [1.54, 1.807) is 6.07 Å². The number of aliphatic hydroxyl groups is 1. The van der Waals surface area contributed by atoms with Gasteiger partial charge in [-0.15, -0.1) is 0 Å². The maximum absolute atomic E-state index is 11.7. The van der Waals surface area contributed by atoms with Gasteiger partial charge in [-0.2, -0.15) is 0 Å². The molecule has 0 radical (unpaired) electrons. The lowest BCUT2D eigenvalue weighted by Crippen LogP contribution is -2.12. The molecule has 1 fully saturated rings. The number of aliphatic hydroxyl groups excluding tert-OH is 1. The van der Waals surface area contributed by atoms with Crippen LogP contribution in [0.1, 0.15) is 48.5 Å². The number of rotatable bonds is 5. The zero-order chi connectivity index (χ0) is 25.8. The van der Waals surface area contributed by atoms with E-state index in [9.17, 15) is 4.79 Å². The summed E-state index contributed by atoms with van der Waals surface area (Å²) in [5.41, 5.74) is 14.9. The van der Waals surface area contributed by atoms with E-state index >= 15 is 0 Å². The fourth-order valence-electron chi connectivity index (χ4n) is 3.93. The summed E-state index contributed by atoms with van der Waals surface area (Å²) >= 11 is 0. The second-order valence-corrected chi connectivity index (χ2v) is 8.52. The highest BCUT2D eigenvalue weighted by Gasteiger charge is 2.11. The highest BCUT2D eigenvalue weighted by Crippen LogP contribution is 2.26. The molecule has 1 amide bonds. The molecular weight excluding hydrogens is 450 g/mol. The summed E-state index contributed by atoms with van der Waals surface area (Å²) in [6.45, 7) is 3.21. The van der Waals surface area contributed by atoms with Crippen LogP contribution in [-0.4, -0.2) is 28.7 Å². The number of carbonyl (C=O) groups excluding carboxylic acids is 1. The third-order valence-corrected chi connectivity index (χ3v) is 5.85. The van der Waals surface area contributed by atoms with Crippen molar-refractivity contribution >= 4 is 16.8 Å². The number of fused-ring (bicyclic) bond motifs is 1. The third-order valence-electron chi connectivity index (χ3n) is 5.85. The fraction of sp³-hybridized carbons (Fsp3) is 0.267. The summed E-state index contributed by atoms with van der Waals surface area (Å²) in [4.78, 5) is 16.3. The van der Waals surface area contributed by atoms with E-state index in [0.717, 1.165) is 40.8 Å². The first kappa shape index (κ1) is 26.9. The quantitative estimate of drug-likeness (QED) is 0.347. The molecule has 5 N–H and O–H groups in total. The van der Waals surface area contributed by atoms with Gasteiger partial charge in [0.25, 0.3) is 0 Å². The number of benzene rings is 3. The Morgan fingerprint density at radius 3 is 2.14 bits per heavy atom. The minimum absolute atomic E-state index is 0.0463. The monoisotopic (exact) mass is 485 g/mol. The number of nitrogens with zero attached hydrogens (tertiary/aromatic N) is 1. The Balaban J connectivity index is 0.000000209. The molecular formula is C30H35N3O3. The van der Waals surface area contributed by atoms with Crippen LogP contribution in [0.4, 0.5) is 0 Å². The molecule has 0 bridgehead atoms. The summed E-state index contributed by atoms with van der Waals surface area (Å²) in [6.07, 6.45) is 4.60. The second-order valence-electron chi connectivity index (χ2n) is 8.52. The number of pyridine rings is 1. The van der Waals surface area contributed by atoms with E-state index in [1.165, 1.54) is 18.4 Å². The average Bonchev–Trinajstić information content (AvgIpc) is 3.40. The zero-order valence-electron chi connectivity index (χ0n) is 20.8. The van der Waals surface area contributed by atoms with Gasteiger partial charge in [0.05, 0.1) is 29.5 Å². The van der Waals surface area contributed by atoms with Crippen molar-refractivity contribution in [3.63, 3.8) is 0 Å². The molecule has 36 heavy (non-hydrogen) atoms. The van der Waals surface area contributed by atoms with Gasteiger partial charge in [-0.1, -0.05) is 61.4 Å². The molecule has 1 saturated carbocycles. The molecule has 0 atom stereocenters. The number of carbonyl (C=O) groups is 1. The maximum Gasteiger partial charge on any atom is 0.249 e. The summed E-state index contributed by atoms with van der Waals surface area (Å²) in [7, 11) is 0. The molecule has 6 nitrogen and oxygen atoms in total. The molecule has 1 aliphatic carbocycles. The number of hydrogen-bond acceptors (Lipinski definition) is 5. The van der Waals surface area contributed by atoms with Crippen molar-refractivity contribution in [3.8, 4) is 17.0 Å². The lowest BCUT2D eigenvalue weighted by Gasteiger charge is -2.08. The van der Waals surface area contributed by atoms with Gasteiger partial charge in [0.1, 0.15) is 5.75 Å². The van der Waals surface area contributed by atoms with E-state index in [4.69, 9.17) is 21.3 Å². The first-order valence-electron chi connectivity index (χ1n) is 12.4. The van der Waals surface area contributed by atoms with E-state index < -0.39 is 5.91 Å². The van der Waals surface area contributed by atoms with Crippen LogP contribution < -0.4 is 16.2 Å². The first-order chi connectivity index (χ1) is 17.5. The van der Waals surface area contributed by atoms with Crippen molar-refractivity contribution in [2.24, 2.45) is 11.5 Å². The van der Waals surface area contributed by atoms with Gasteiger partial charge in [0, 0.05) is 17.5 Å². The molecule has 5 rings (SSSR count). The largest absolute Gasteiger partial charge is 0.494 e. The lowest BCUT2D eigenvalue weighted by atomic mass is 10.0. The molecule has 4 aromatic rings. The Morgan fingerprint density at radius 2 is 1.61 bits per heavy atom. The molecule has 1 aromatic heterocycles. The van der Waals surface area contributed by atoms with E-state index in [0.29, 0.717) is 18.7 Å². The van der Waals surface area contributed by atoms with Crippen molar-refractivity contribution in [3.05, 3.63) is 96.1 Å². The zero-order valence-corrected chi connectivity index (χ0v) is 20.8. The van der Waals surface area contributed by atoms with Crippen molar-refractivity contribution in [2.75, 3.05) is 6.61 Å². The number of para-hydroxylation sites is 1. The Labute approximate surface area is 212 Å². The van der Waals surface area contributed by atoms with Gasteiger partial charge in [-0.3, -0.25) is 4.79 Å². The van der Waals surface area contributed by atoms with Crippen molar-refractivity contribution in [1.82, 2.24) is 4.98 Å². The highest BCUT2D eigenvalue weighted by atomic mass is 16.5. The summed E-state index contributed by atoms with van der Waals surface area (Å²) in [5.74, 6) is 0.355. The van der Waals surface area contributed by atoms with Crippen LogP contribution in [0.5, 0.6) is 5.75 Å². The average molecular weight is 486 g/mol. The lowest BCUT2D eigenvalue weighted by molar-refractivity contribution is 0.100. The van der Waals surface area contributed by atoms with Gasteiger partial charge in [0.15, 0.2) is 0 Å². The molecule has 3 aromatic carbocycles. The number of aromatic nitrogens is 1. The molecule has 0 unspecified atom stereocenters. The van der Waals surface area contributed by atoms with Crippen molar-refractivity contribution < 1.29 is 14.6 Å². The fourth-order valence-corrected chi connectivity index (χ4v) is 3.93. The SMILES string of the molecule is CCOc1ccc(-c2cc(C(N)=O)c3ccccc3n2)cc1.NCc1ccccc1.OC1CCCC1. The topological polar surface area (TPSA) is 111 Å². The van der Waals surface area contributed by atoms with Crippen LogP contribution in [-0.2, 0) is 6.54 Å². The van der Waals surface area contributed by atoms with Gasteiger partial charge < -0.3 is 21.3 Å². The van der Waals surface area contributed by atoms with Crippen LogP contribution in [0.2, 0.25) is 0 Å². The van der Waals surface area contributed by atoms with Crippen molar-refractivity contribution in [1.29, 1.82) is 0 Å². The normalized spacial score (nSPS) is 12.8. The molecule has 0 aliphatic heterocycles. The standard InChI is InChI=1S/C18H16N2O2.C7H9N.C5H10O/c1-2-22-13-9-7-12(8-10-13)17-11-15(18(19)21)14-5-3-4-6-16(14)20-17;8-6-7-4-2-1-3-5-7;6-5-3-1-2-4-5/h3-11H,2H2,1H3,(H2,19,21);1-5H,6,8H2;5-6H,1-4H2. The van der Waals surface area contributed by atoms with E-state index in [2.05, 4.69) is 4.98 Å². The second kappa shape index (κ2) is 14.0. The minimum atomic E-state index is -0.453. The van der Waals surface area contributed by atoms with Crippen LogP contribution in [0.3, 0.4) is 0 Å². The molecule has 0 spiro atoms. The number of hydrogen-bond donors (Lipinski definition) is 3. The summed E-state index contributed by atoms with van der Waals surface area (Å²) < 4.78 is 5.43. The van der Waals surface area contributed by atoms with Gasteiger partial charge in [-0.25, -0.2) is 4.98 Å². The molecule has 0 saturated heterocycles. The highest BCUT2D eigenvalue weighted by molar-refractivity contribution is 6.06. The van der Waals surface area contributed by atoms with Gasteiger partial charge in [-0.05, 0) is 61.7 Å². The predicted octanol–water partition coefficient (Wildman–Crippen LogP) is 5.47. The molecule has 1 heterocycles. The van der Waals surface area contributed by atoms with E-state index in [1.807, 2.05) is 85.8 Å². The smallest absolute Gasteiger partial charge is 0.249 e. The Kier molecular flexibility index (Phi) is 10.4. The molecule has 188 valence electrons. The van der Waals surface area contributed by atoms with Crippen molar-refractivity contribution in [2.45, 2.75) is 45.3 Å². The van der Waals surface area contributed by atoms with Gasteiger partial charge in [0.2, 0.25) is 5.91 Å². The Morgan fingerprint density at radius 1 is 0.972 bits per heavy atom. The van der Waals surface area contributed by atoms with Crippen LogP contribution in [0.15, 0.2) is 84.9 Å². The minimum Gasteiger partial charge on any atom is -0.494 e. The summed E-state index contributed by atoms with van der Waals surface area (Å²) in [6, 6.07) is 26.8. The van der Waals surface area contributed by atoms with E-state index in [-0.39, 0.29) is 6.10 Å². The Bertz CT molecular complexity index is 1220. The van der Waals surface area contributed by atoms with Gasteiger partial charge >= 0.3 is 0 Å².